The summed E-state index contributed by atoms with van der Waals surface area (Å²) in [7, 11) is -2.06. The molecule has 0 bridgehead atoms. The third-order valence-electron chi connectivity index (χ3n) is 5.79. The molecule has 3 N–H and O–H groups in total. The zero-order valence-electron chi connectivity index (χ0n) is 16.9. The predicted octanol–water partition coefficient (Wildman–Crippen LogP) is 2.50. The van der Waals surface area contributed by atoms with Gasteiger partial charge in [-0.25, -0.2) is 13.1 Å². The minimum atomic E-state index is -3.50. The van der Waals surface area contributed by atoms with Crippen LogP contribution in [0.25, 0.3) is 0 Å². The van der Waals surface area contributed by atoms with E-state index in [4.69, 9.17) is 4.74 Å². The topological polar surface area (TPSA) is 79.5 Å². The molecule has 0 aliphatic carbocycles. The number of fused-ring (bicyclic) bond motifs is 1. The van der Waals surface area contributed by atoms with Crippen LogP contribution >= 0.6 is 0 Å². The highest BCUT2D eigenvalue weighted by atomic mass is 32.2. The highest BCUT2D eigenvalue weighted by Crippen LogP contribution is 2.35. The molecule has 2 aromatic rings. The minimum Gasteiger partial charge on any atom is -0.490 e. The molecule has 1 fully saturated rings. The summed E-state index contributed by atoms with van der Waals surface area (Å²) in [6, 6.07) is 14.5. The Morgan fingerprint density at radius 1 is 1.21 bits per heavy atom. The van der Waals surface area contributed by atoms with Crippen molar-refractivity contribution in [3.8, 4) is 5.75 Å². The van der Waals surface area contributed by atoms with Gasteiger partial charge in [0.15, 0.2) is 0 Å². The molecule has 1 saturated heterocycles. The molecule has 2 aliphatic rings. The Labute approximate surface area is 173 Å². The quantitative estimate of drug-likeness (QED) is 0.676. The lowest BCUT2D eigenvalue weighted by Crippen LogP contribution is -2.45. The highest BCUT2D eigenvalue weighted by Gasteiger charge is 2.29. The molecule has 2 heterocycles. The van der Waals surface area contributed by atoms with E-state index in [9.17, 15) is 8.42 Å². The summed E-state index contributed by atoms with van der Waals surface area (Å²) >= 11 is 0. The first-order valence-electron chi connectivity index (χ1n) is 10.3. The minimum absolute atomic E-state index is 0.0599. The number of sulfonamides is 1. The average molecular weight is 416 g/mol. The van der Waals surface area contributed by atoms with Crippen molar-refractivity contribution >= 4 is 10.0 Å². The van der Waals surface area contributed by atoms with E-state index in [1.54, 1.807) is 12.1 Å². The molecule has 0 aromatic heterocycles. The van der Waals surface area contributed by atoms with Gasteiger partial charge >= 0.3 is 0 Å². The standard InChI is InChI=1S/C22H29N3O3S/c1-15-11-17-12-19(29(26,27)23-2)13-18(22(17)28-15)14-25-20-9-6-10-24-21(20)16-7-4-3-5-8-16/h3-5,7-8,12-13,15,20-21,23-25H,6,9-11,14H2,1-2H3/t15?,20-,21-/m0/s1. The molecule has 4 rings (SSSR count). The second-order valence-electron chi connectivity index (χ2n) is 7.88. The van der Waals surface area contributed by atoms with E-state index in [1.165, 1.54) is 12.6 Å². The van der Waals surface area contributed by atoms with Gasteiger partial charge in [-0.15, -0.1) is 0 Å². The van der Waals surface area contributed by atoms with Crippen LogP contribution < -0.4 is 20.1 Å². The van der Waals surface area contributed by atoms with Crippen molar-refractivity contribution in [2.45, 2.75) is 55.8 Å². The molecule has 2 aromatic carbocycles. The Balaban J connectivity index is 1.59. The molecule has 3 atom stereocenters. The molecule has 6 nitrogen and oxygen atoms in total. The first-order chi connectivity index (χ1) is 14.0. The summed E-state index contributed by atoms with van der Waals surface area (Å²) in [4.78, 5) is 0.301. The molecule has 156 valence electrons. The summed E-state index contributed by atoms with van der Waals surface area (Å²) in [6.45, 7) is 3.58. The molecular weight excluding hydrogens is 386 g/mol. The lowest BCUT2D eigenvalue weighted by Gasteiger charge is -2.34. The summed E-state index contributed by atoms with van der Waals surface area (Å²) < 4.78 is 33.2. The normalized spacial score (nSPS) is 24.1. The monoisotopic (exact) mass is 415 g/mol. The van der Waals surface area contributed by atoms with Gasteiger partial charge in [-0.1, -0.05) is 30.3 Å². The number of ether oxygens (including phenoxy) is 1. The third kappa shape index (κ3) is 4.33. The lowest BCUT2D eigenvalue weighted by molar-refractivity contribution is 0.250. The summed E-state index contributed by atoms with van der Waals surface area (Å²) in [5.41, 5.74) is 3.14. The van der Waals surface area contributed by atoms with Crippen LogP contribution in [-0.2, 0) is 23.0 Å². The number of benzene rings is 2. The molecule has 29 heavy (non-hydrogen) atoms. The van der Waals surface area contributed by atoms with E-state index in [0.717, 1.165) is 42.7 Å². The van der Waals surface area contributed by atoms with E-state index < -0.39 is 10.0 Å². The number of piperidine rings is 1. The van der Waals surface area contributed by atoms with Crippen LogP contribution in [-0.4, -0.2) is 34.2 Å². The van der Waals surface area contributed by atoms with Gasteiger partial charge in [0.25, 0.3) is 0 Å². The molecule has 2 aliphatic heterocycles. The van der Waals surface area contributed by atoms with Gasteiger partial charge in [0, 0.05) is 30.6 Å². The summed E-state index contributed by atoms with van der Waals surface area (Å²) in [5, 5.41) is 7.30. The first-order valence-corrected chi connectivity index (χ1v) is 11.7. The van der Waals surface area contributed by atoms with E-state index in [-0.39, 0.29) is 18.2 Å². The van der Waals surface area contributed by atoms with Gasteiger partial charge in [0.1, 0.15) is 11.9 Å². The molecule has 1 unspecified atom stereocenters. The summed E-state index contributed by atoms with van der Waals surface area (Å²) in [6.07, 6.45) is 2.97. The van der Waals surface area contributed by atoms with Gasteiger partial charge in [0.05, 0.1) is 4.90 Å². The Bertz CT molecular complexity index is 963. The fourth-order valence-corrected chi connectivity index (χ4v) is 5.17. The van der Waals surface area contributed by atoms with Crippen LogP contribution in [0.5, 0.6) is 5.75 Å². The van der Waals surface area contributed by atoms with Crippen molar-refractivity contribution < 1.29 is 13.2 Å². The van der Waals surface area contributed by atoms with Gasteiger partial charge in [-0.3, -0.25) is 0 Å². The summed E-state index contributed by atoms with van der Waals surface area (Å²) in [5.74, 6) is 0.833. The van der Waals surface area contributed by atoms with Gasteiger partial charge in [-0.2, -0.15) is 0 Å². The molecule has 0 radical (unpaired) electrons. The Morgan fingerprint density at radius 3 is 2.76 bits per heavy atom. The fourth-order valence-electron chi connectivity index (χ4n) is 4.34. The predicted molar refractivity (Wildman–Crippen MR) is 114 cm³/mol. The average Bonchev–Trinajstić information content (AvgIpc) is 3.13. The maximum atomic E-state index is 12.4. The van der Waals surface area contributed by atoms with Gasteiger partial charge < -0.3 is 15.4 Å². The van der Waals surface area contributed by atoms with Crippen molar-refractivity contribution in [2.24, 2.45) is 0 Å². The Kier molecular flexibility index (Phi) is 5.92. The first kappa shape index (κ1) is 20.3. The van der Waals surface area contributed by atoms with Crippen LogP contribution in [0.4, 0.5) is 0 Å². The Morgan fingerprint density at radius 2 is 2.00 bits per heavy atom. The molecule has 0 spiro atoms. The van der Waals surface area contributed by atoms with E-state index in [1.807, 2.05) is 13.0 Å². The van der Waals surface area contributed by atoms with Crippen LogP contribution in [0.15, 0.2) is 47.4 Å². The lowest BCUT2D eigenvalue weighted by atomic mass is 9.92. The second-order valence-corrected chi connectivity index (χ2v) is 9.77. The molecule has 0 amide bonds. The SMILES string of the molecule is CNS(=O)(=O)c1cc(CN[C@H]2CCCN[C@H]2c2ccccc2)c2c(c1)CC(C)O2. The third-order valence-corrected chi connectivity index (χ3v) is 7.19. The van der Waals surface area contributed by atoms with Crippen molar-refractivity contribution in [3.63, 3.8) is 0 Å². The highest BCUT2D eigenvalue weighted by molar-refractivity contribution is 7.89. The second kappa shape index (κ2) is 8.44. The van der Waals surface area contributed by atoms with Gasteiger partial charge in [-0.05, 0) is 56.6 Å². The van der Waals surface area contributed by atoms with Crippen LogP contribution in [0, 0.1) is 0 Å². The van der Waals surface area contributed by atoms with Crippen LogP contribution in [0.1, 0.15) is 42.5 Å². The number of hydrogen-bond acceptors (Lipinski definition) is 5. The largest absolute Gasteiger partial charge is 0.490 e. The van der Waals surface area contributed by atoms with Crippen LogP contribution in [0.3, 0.4) is 0 Å². The van der Waals surface area contributed by atoms with Crippen molar-refractivity contribution in [3.05, 3.63) is 59.2 Å². The Hall–Kier alpha value is -1.93. The zero-order valence-corrected chi connectivity index (χ0v) is 17.8. The van der Waals surface area contributed by atoms with Crippen molar-refractivity contribution in [1.29, 1.82) is 0 Å². The van der Waals surface area contributed by atoms with E-state index in [0.29, 0.717) is 11.4 Å². The maximum Gasteiger partial charge on any atom is 0.240 e. The smallest absolute Gasteiger partial charge is 0.240 e. The van der Waals surface area contributed by atoms with Crippen LogP contribution in [0.2, 0.25) is 0 Å². The van der Waals surface area contributed by atoms with E-state index >= 15 is 0 Å². The molecular formula is C22H29N3O3S. The molecule has 7 heteroatoms. The zero-order chi connectivity index (χ0) is 20.4. The number of nitrogens with one attached hydrogen (secondary N) is 3. The van der Waals surface area contributed by atoms with Crippen molar-refractivity contribution in [2.75, 3.05) is 13.6 Å². The van der Waals surface area contributed by atoms with Crippen molar-refractivity contribution in [1.82, 2.24) is 15.4 Å². The maximum absolute atomic E-state index is 12.4. The number of rotatable bonds is 6. The van der Waals surface area contributed by atoms with Gasteiger partial charge in [0.2, 0.25) is 10.0 Å². The molecule has 0 saturated carbocycles. The van der Waals surface area contributed by atoms with E-state index in [2.05, 4.69) is 39.6 Å². The number of hydrogen-bond donors (Lipinski definition) is 3. The fraction of sp³-hybridized carbons (Fsp3) is 0.455.